The van der Waals surface area contributed by atoms with Gasteiger partial charge in [-0.25, -0.2) is 0 Å². The average Bonchev–Trinajstić information content (AvgIpc) is 2.91. The van der Waals surface area contributed by atoms with E-state index in [-0.39, 0.29) is 24.5 Å². The quantitative estimate of drug-likeness (QED) is 0.666. The van der Waals surface area contributed by atoms with Crippen molar-refractivity contribution in [3.8, 4) is 0 Å². The van der Waals surface area contributed by atoms with Gasteiger partial charge in [-0.3, -0.25) is 14.6 Å². The molecule has 1 aromatic carbocycles. The van der Waals surface area contributed by atoms with Crippen LogP contribution in [0.3, 0.4) is 0 Å². The Hall–Kier alpha value is -2.38. The highest BCUT2D eigenvalue weighted by atomic mass is 32.2. The second-order valence-corrected chi connectivity index (χ2v) is 8.06. The van der Waals surface area contributed by atoms with E-state index in [0.717, 1.165) is 16.9 Å². The van der Waals surface area contributed by atoms with Gasteiger partial charge in [0.25, 0.3) is 0 Å². The molecule has 29 heavy (non-hydrogen) atoms. The van der Waals surface area contributed by atoms with Gasteiger partial charge in [0.2, 0.25) is 11.8 Å². The van der Waals surface area contributed by atoms with Gasteiger partial charge in [-0.15, -0.1) is 0 Å². The van der Waals surface area contributed by atoms with Crippen LogP contribution in [0.15, 0.2) is 54.9 Å². The summed E-state index contributed by atoms with van der Waals surface area (Å²) in [4.78, 5) is 33.1. The Balaban J connectivity index is 1.71. The standard InChI is InChI=1S/C22H27N3O3S/c1-29-11-9-21(26)25-15-20(28-17-18-6-3-2-4-7-18)14-24(22(27)16-25)13-19-8-5-10-23-12-19/h2-8,10,12,20H,9,11,13-17H2,1H3. The normalized spacial score (nSPS) is 17.3. The molecule has 2 amide bonds. The molecule has 0 spiro atoms. The summed E-state index contributed by atoms with van der Waals surface area (Å²) < 4.78 is 6.14. The number of nitrogens with zero attached hydrogens (tertiary/aromatic N) is 3. The summed E-state index contributed by atoms with van der Waals surface area (Å²) in [6.07, 6.45) is 5.65. The first-order chi connectivity index (χ1) is 14.2. The number of carbonyl (C=O) groups excluding carboxylic acids is 2. The predicted octanol–water partition coefficient (Wildman–Crippen LogP) is 2.59. The Morgan fingerprint density at radius 2 is 1.97 bits per heavy atom. The van der Waals surface area contributed by atoms with Crippen LogP contribution in [0.1, 0.15) is 17.5 Å². The summed E-state index contributed by atoms with van der Waals surface area (Å²) in [7, 11) is 0. The number of benzene rings is 1. The number of amides is 2. The summed E-state index contributed by atoms with van der Waals surface area (Å²) in [6.45, 7) is 1.89. The zero-order valence-electron chi connectivity index (χ0n) is 16.7. The Bertz CT molecular complexity index is 788. The van der Waals surface area contributed by atoms with Crippen LogP contribution in [0, 0.1) is 0 Å². The number of pyridine rings is 1. The zero-order valence-corrected chi connectivity index (χ0v) is 17.5. The topological polar surface area (TPSA) is 62.7 Å². The molecule has 1 aliphatic heterocycles. The fourth-order valence-electron chi connectivity index (χ4n) is 3.27. The summed E-state index contributed by atoms with van der Waals surface area (Å²) in [5, 5.41) is 0. The van der Waals surface area contributed by atoms with E-state index in [0.29, 0.717) is 32.7 Å². The summed E-state index contributed by atoms with van der Waals surface area (Å²) >= 11 is 1.63. The molecule has 6 nitrogen and oxygen atoms in total. The molecule has 1 fully saturated rings. The molecule has 0 radical (unpaired) electrons. The molecule has 1 saturated heterocycles. The third-order valence-corrected chi connectivity index (χ3v) is 5.44. The molecule has 3 rings (SSSR count). The maximum Gasteiger partial charge on any atom is 0.242 e. The average molecular weight is 414 g/mol. The zero-order chi connectivity index (χ0) is 20.5. The van der Waals surface area contributed by atoms with Gasteiger partial charge < -0.3 is 14.5 Å². The van der Waals surface area contributed by atoms with E-state index in [4.69, 9.17) is 4.74 Å². The van der Waals surface area contributed by atoms with E-state index in [1.807, 2.05) is 48.7 Å². The van der Waals surface area contributed by atoms with Crippen LogP contribution >= 0.6 is 11.8 Å². The molecule has 1 aliphatic rings. The van der Waals surface area contributed by atoms with Crippen molar-refractivity contribution in [2.24, 2.45) is 0 Å². The van der Waals surface area contributed by atoms with E-state index in [9.17, 15) is 9.59 Å². The van der Waals surface area contributed by atoms with Gasteiger partial charge in [0.1, 0.15) is 0 Å². The first-order valence-electron chi connectivity index (χ1n) is 9.74. The van der Waals surface area contributed by atoms with Gasteiger partial charge >= 0.3 is 0 Å². The Labute approximate surface area is 176 Å². The summed E-state index contributed by atoms with van der Waals surface area (Å²) in [6, 6.07) is 13.7. The van der Waals surface area contributed by atoms with Crippen LogP contribution in [-0.2, 0) is 27.5 Å². The van der Waals surface area contributed by atoms with Crippen LogP contribution in [0.25, 0.3) is 0 Å². The minimum atomic E-state index is -0.239. The Morgan fingerprint density at radius 1 is 1.17 bits per heavy atom. The van der Waals surface area contributed by atoms with Crippen molar-refractivity contribution in [3.63, 3.8) is 0 Å². The smallest absolute Gasteiger partial charge is 0.242 e. The monoisotopic (exact) mass is 413 g/mol. The van der Waals surface area contributed by atoms with Gasteiger partial charge in [-0.05, 0) is 23.4 Å². The molecule has 154 valence electrons. The van der Waals surface area contributed by atoms with Gasteiger partial charge in [-0.1, -0.05) is 36.4 Å². The lowest BCUT2D eigenvalue weighted by Crippen LogP contribution is -2.39. The number of hydrogen-bond acceptors (Lipinski definition) is 5. The largest absolute Gasteiger partial charge is 0.370 e. The molecule has 0 aliphatic carbocycles. The summed E-state index contributed by atoms with van der Waals surface area (Å²) in [5.74, 6) is 0.694. The van der Waals surface area contributed by atoms with E-state index in [1.165, 1.54) is 0 Å². The van der Waals surface area contributed by atoms with Crippen molar-refractivity contribution in [1.82, 2.24) is 14.8 Å². The molecule has 0 saturated carbocycles. The van der Waals surface area contributed by atoms with Crippen LogP contribution in [0.2, 0.25) is 0 Å². The van der Waals surface area contributed by atoms with Crippen molar-refractivity contribution in [2.45, 2.75) is 25.7 Å². The number of thioether (sulfide) groups is 1. The minimum absolute atomic E-state index is 0.00392. The van der Waals surface area contributed by atoms with Gasteiger partial charge in [0, 0.05) is 44.2 Å². The molecule has 1 aromatic heterocycles. The molecule has 7 heteroatoms. The lowest BCUT2D eigenvalue weighted by Gasteiger charge is -2.25. The third kappa shape index (κ3) is 6.58. The van der Waals surface area contributed by atoms with E-state index in [1.54, 1.807) is 34.0 Å². The highest BCUT2D eigenvalue weighted by Gasteiger charge is 2.30. The highest BCUT2D eigenvalue weighted by molar-refractivity contribution is 7.98. The van der Waals surface area contributed by atoms with Crippen molar-refractivity contribution in [3.05, 3.63) is 66.0 Å². The van der Waals surface area contributed by atoms with Crippen LogP contribution in [0.5, 0.6) is 0 Å². The van der Waals surface area contributed by atoms with Crippen molar-refractivity contribution in [1.29, 1.82) is 0 Å². The van der Waals surface area contributed by atoms with Crippen LogP contribution in [-0.4, -0.2) is 64.3 Å². The van der Waals surface area contributed by atoms with Crippen LogP contribution < -0.4 is 0 Å². The second kappa shape index (κ2) is 11.0. The van der Waals surface area contributed by atoms with Gasteiger partial charge in [0.15, 0.2) is 0 Å². The fraction of sp³-hybridized carbons (Fsp3) is 0.409. The Kier molecular flexibility index (Phi) is 8.07. The maximum atomic E-state index is 12.9. The second-order valence-electron chi connectivity index (χ2n) is 7.07. The van der Waals surface area contributed by atoms with Crippen molar-refractivity contribution >= 4 is 23.6 Å². The first-order valence-corrected chi connectivity index (χ1v) is 11.1. The fourth-order valence-corrected chi connectivity index (χ4v) is 3.65. The number of aromatic nitrogens is 1. The Morgan fingerprint density at radius 3 is 2.69 bits per heavy atom. The molecule has 0 N–H and O–H groups in total. The van der Waals surface area contributed by atoms with E-state index in [2.05, 4.69) is 4.98 Å². The lowest BCUT2D eigenvalue weighted by molar-refractivity contribution is -0.138. The number of carbonyl (C=O) groups is 2. The first kappa shape index (κ1) is 21.3. The SMILES string of the molecule is CSCCC(=O)N1CC(=O)N(Cc2cccnc2)CC(OCc2ccccc2)C1. The number of ether oxygens (including phenoxy) is 1. The summed E-state index contributed by atoms with van der Waals surface area (Å²) in [5.41, 5.74) is 2.03. The predicted molar refractivity (Wildman–Crippen MR) is 114 cm³/mol. The lowest BCUT2D eigenvalue weighted by atomic mass is 10.2. The van der Waals surface area contributed by atoms with Gasteiger partial charge in [-0.2, -0.15) is 11.8 Å². The molecular weight excluding hydrogens is 386 g/mol. The highest BCUT2D eigenvalue weighted by Crippen LogP contribution is 2.15. The van der Waals surface area contributed by atoms with Crippen molar-refractivity contribution < 1.29 is 14.3 Å². The third-order valence-electron chi connectivity index (χ3n) is 4.82. The molecule has 2 aromatic rings. The van der Waals surface area contributed by atoms with Crippen molar-refractivity contribution in [2.75, 3.05) is 31.6 Å². The minimum Gasteiger partial charge on any atom is -0.370 e. The maximum absolute atomic E-state index is 12.9. The van der Waals surface area contributed by atoms with Gasteiger partial charge in [0.05, 0.1) is 19.3 Å². The molecule has 2 heterocycles. The van der Waals surface area contributed by atoms with E-state index >= 15 is 0 Å². The molecule has 1 unspecified atom stereocenters. The number of rotatable bonds is 8. The molecule has 1 atom stereocenters. The molecule has 0 bridgehead atoms. The van der Waals surface area contributed by atoms with Crippen LogP contribution in [0.4, 0.5) is 0 Å². The number of hydrogen-bond donors (Lipinski definition) is 0. The molecular formula is C22H27N3O3S. The van der Waals surface area contributed by atoms with E-state index < -0.39 is 0 Å².